The maximum absolute atomic E-state index is 12.1. The molecule has 0 saturated heterocycles. The van der Waals surface area contributed by atoms with Crippen LogP contribution < -0.4 is 0 Å². The molecule has 0 rings (SSSR count). The lowest BCUT2D eigenvalue weighted by atomic mass is 10.3. The van der Waals surface area contributed by atoms with Crippen molar-refractivity contribution in [1.29, 1.82) is 0 Å². The molecule has 2 nitrogen and oxygen atoms in total. The molecule has 1 atom stereocenters. The molecule has 14 heavy (non-hydrogen) atoms. The number of methoxy groups -OCH3 is 1. The Morgan fingerprint density at radius 2 is 2.00 bits per heavy atom. The minimum absolute atomic E-state index is 0.187. The van der Waals surface area contributed by atoms with Crippen LogP contribution in [0.3, 0.4) is 0 Å². The van der Waals surface area contributed by atoms with Gasteiger partial charge in [-0.25, -0.2) is 0 Å². The van der Waals surface area contributed by atoms with E-state index in [0.717, 1.165) is 0 Å². The molecule has 0 spiro atoms. The average molecular weight is 234 g/mol. The first kappa shape index (κ1) is 14.0. The molecule has 0 N–H and O–H groups in total. The van der Waals surface area contributed by atoms with Crippen LogP contribution in [0.2, 0.25) is 0 Å². The fourth-order valence-electron chi connectivity index (χ4n) is 1.05. The van der Waals surface area contributed by atoms with Gasteiger partial charge in [0.15, 0.2) is 0 Å². The second-order valence-corrected chi connectivity index (χ2v) is 3.46. The van der Waals surface area contributed by atoms with Gasteiger partial charge in [-0.15, -0.1) is 11.6 Å². The summed E-state index contributed by atoms with van der Waals surface area (Å²) in [5, 5.41) is 0. The molecular weight excluding hydrogens is 219 g/mol. The highest BCUT2D eigenvalue weighted by Crippen LogP contribution is 2.16. The first-order valence-corrected chi connectivity index (χ1v) is 4.80. The minimum Gasteiger partial charge on any atom is -0.380 e. The number of halogens is 4. The number of hydrogen-bond acceptors (Lipinski definition) is 2. The molecule has 1 unspecified atom stereocenters. The largest absolute Gasteiger partial charge is 0.401 e. The van der Waals surface area contributed by atoms with Crippen LogP contribution in [0.1, 0.15) is 6.92 Å². The van der Waals surface area contributed by atoms with Crippen molar-refractivity contribution >= 4 is 11.6 Å². The van der Waals surface area contributed by atoms with Gasteiger partial charge < -0.3 is 4.74 Å². The highest BCUT2D eigenvalue weighted by molar-refractivity contribution is 6.18. The number of hydrogen-bond donors (Lipinski definition) is 0. The lowest BCUT2D eigenvalue weighted by Gasteiger charge is -2.25. The monoisotopic (exact) mass is 233 g/mol. The van der Waals surface area contributed by atoms with E-state index in [0.29, 0.717) is 0 Å². The molecule has 0 aromatic heterocycles. The van der Waals surface area contributed by atoms with Crippen LogP contribution in [0, 0.1) is 0 Å². The van der Waals surface area contributed by atoms with Crippen LogP contribution in [0.25, 0.3) is 0 Å². The molecule has 6 heteroatoms. The predicted molar refractivity (Wildman–Crippen MR) is 49.7 cm³/mol. The zero-order valence-corrected chi connectivity index (χ0v) is 9.03. The molecule has 0 aromatic rings. The predicted octanol–water partition coefficient (Wildman–Crippen LogP) is 2.12. The molecule has 0 bridgehead atoms. The van der Waals surface area contributed by atoms with Crippen molar-refractivity contribution in [2.45, 2.75) is 19.2 Å². The third-order valence-electron chi connectivity index (χ3n) is 1.72. The SMILES string of the molecule is COC(C)CN(CCCl)CC(F)(F)F. The van der Waals surface area contributed by atoms with Crippen molar-refractivity contribution in [2.24, 2.45) is 0 Å². The van der Waals surface area contributed by atoms with E-state index in [-0.39, 0.29) is 25.1 Å². The number of rotatable bonds is 6. The summed E-state index contributed by atoms with van der Waals surface area (Å²) < 4.78 is 41.1. The number of nitrogens with zero attached hydrogens (tertiary/aromatic N) is 1. The van der Waals surface area contributed by atoms with Gasteiger partial charge in [0.25, 0.3) is 0 Å². The fraction of sp³-hybridized carbons (Fsp3) is 1.00. The van der Waals surface area contributed by atoms with Crippen molar-refractivity contribution in [3.8, 4) is 0 Å². The highest BCUT2D eigenvalue weighted by atomic mass is 35.5. The van der Waals surface area contributed by atoms with Crippen molar-refractivity contribution in [1.82, 2.24) is 4.90 Å². The molecule has 0 saturated carbocycles. The third-order valence-corrected chi connectivity index (χ3v) is 1.89. The molecule has 0 aliphatic rings. The van der Waals surface area contributed by atoms with E-state index in [4.69, 9.17) is 16.3 Å². The molecule has 0 aromatic carbocycles. The van der Waals surface area contributed by atoms with Crippen molar-refractivity contribution in [3.05, 3.63) is 0 Å². The lowest BCUT2D eigenvalue weighted by molar-refractivity contribution is -0.148. The second-order valence-electron chi connectivity index (χ2n) is 3.09. The van der Waals surface area contributed by atoms with E-state index in [1.54, 1.807) is 6.92 Å². The van der Waals surface area contributed by atoms with Gasteiger partial charge in [0.05, 0.1) is 12.6 Å². The van der Waals surface area contributed by atoms with Crippen LogP contribution >= 0.6 is 11.6 Å². The Morgan fingerprint density at radius 3 is 2.36 bits per heavy atom. The van der Waals surface area contributed by atoms with Gasteiger partial charge in [-0.1, -0.05) is 0 Å². The standard InChI is InChI=1S/C8H15ClF3NO/c1-7(14-2)5-13(4-3-9)6-8(10,11)12/h7H,3-6H2,1-2H3. The van der Waals surface area contributed by atoms with Crippen LogP contribution in [0.5, 0.6) is 0 Å². The van der Waals surface area contributed by atoms with E-state index < -0.39 is 12.7 Å². The zero-order chi connectivity index (χ0) is 11.2. The van der Waals surface area contributed by atoms with Gasteiger partial charge in [0, 0.05) is 26.1 Å². The Labute approximate surface area is 87.0 Å². The molecule has 0 amide bonds. The Kier molecular flexibility index (Phi) is 6.48. The Bertz CT molecular complexity index is 154. The topological polar surface area (TPSA) is 12.5 Å². The minimum atomic E-state index is -4.18. The number of alkyl halides is 4. The fourth-order valence-corrected chi connectivity index (χ4v) is 1.29. The van der Waals surface area contributed by atoms with E-state index in [2.05, 4.69) is 0 Å². The summed E-state index contributed by atoms with van der Waals surface area (Å²) in [6, 6.07) is 0. The van der Waals surface area contributed by atoms with Gasteiger partial charge in [-0.3, -0.25) is 4.90 Å². The number of ether oxygens (including phenoxy) is 1. The Hall–Kier alpha value is -0.0000000000000000555. The zero-order valence-electron chi connectivity index (χ0n) is 8.27. The summed E-state index contributed by atoms with van der Waals surface area (Å²) >= 11 is 5.40. The van der Waals surface area contributed by atoms with Gasteiger partial charge >= 0.3 is 6.18 Å². The van der Waals surface area contributed by atoms with Crippen LogP contribution in [-0.2, 0) is 4.74 Å². The molecule has 0 fully saturated rings. The van der Waals surface area contributed by atoms with E-state index in [1.165, 1.54) is 12.0 Å². The first-order chi connectivity index (χ1) is 6.39. The van der Waals surface area contributed by atoms with Gasteiger partial charge in [-0.05, 0) is 6.92 Å². The summed E-state index contributed by atoms with van der Waals surface area (Å²) in [5.74, 6) is 0.187. The summed E-state index contributed by atoms with van der Waals surface area (Å²) in [4.78, 5) is 1.24. The van der Waals surface area contributed by atoms with Crippen molar-refractivity contribution in [3.63, 3.8) is 0 Å². The molecular formula is C8H15ClF3NO. The normalized spacial score (nSPS) is 14.8. The molecule has 0 heterocycles. The van der Waals surface area contributed by atoms with Crippen LogP contribution in [0.4, 0.5) is 13.2 Å². The van der Waals surface area contributed by atoms with E-state index in [1.807, 2.05) is 0 Å². The molecule has 0 radical (unpaired) electrons. The average Bonchev–Trinajstić information content (AvgIpc) is 2.01. The Morgan fingerprint density at radius 1 is 1.43 bits per heavy atom. The van der Waals surface area contributed by atoms with E-state index >= 15 is 0 Å². The first-order valence-electron chi connectivity index (χ1n) is 4.27. The molecule has 86 valence electrons. The highest BCUT2D eigenvalue weighted by Gasteiger charge is 2.30. The maximum Gasteiger partial charge on any atom is 0.401 e. The maximum atomic E-state index is 12.1. The smallest absolute Gasteiger partial charge is 0.380 e. The molecule has 0 aliphatic heterocycles. The van der Waals surface area contributed by atoms with Crippen LogP contribution in [-0.4, -0.2) is 49.8 Å². The summed E-state index contributed by atoms with van der Waals surface area (Å²) in [7, 11) is 1.47. The van der Waals surface area contributed by atoms with E-state index in [9.17, 15) is 13.2 Å². The lowest BCUT2D eigenvalue weighted by Crippen LogP contribution is -2.40. The summed E-state index contributed by atoms with van der Waals surface area (Å²) in [6.45, 7) is 1.24. The quantitative estimate of drug-likeness (QED) is 0.652. The summed E-state index contributed by atoms with van der Waals surface area (Å²) in [5.41, 5.74) is 0. The molecule has 0 aliphatic carbocycles. The van der Waals surface area contributed by atoms with Gasteiger partial charge in [-0.2, -0.15) is 13.2 Å². The second kappa shape index (κ2) is 6.48. The van der Waals surface area contributed by atoms with Crippen molar-refractivity contribution < 1.29 is 17.9 Å². The summed E-state index contributed by atoms with van der Waals surface area (Å²) in [6.07, 6.45) is -4.40. The van der Waals surface area contributed by atoms with Gasteiger partial charge in [0.1, 0.15) is 0 Å². The van der Waals surface area contributed by atoms with Gasteiger partial charge in [0.2, 0.25) is 0 Å². The third kappa shape index (κ3) is 7.41. The van der Waals surface area contributed by atoms with Crippen molar-refractivity contribution in [2.75, 3.05) is 32.6 Å². The Balaban J connectivity index is 4.01. The van der Waals surface area contributed by atoms with Crippen LogP contribution in [0.15, 0.2) is 0 Å².